The molecule has 2 aromatic rings. The Hall–Kier alpha value is -1.81. The summed E-state index contributed by atoms with van der Waals surface area (Å²) in [4.78, 5) is 4.40. The summed E-state index contributed by atoms with van der Waals surface area (Å²) in [6.07, 6.45) is 2.83. The zero-order valence-electron chi connectivity index (χ0n) is 9.52. The van der Waals surface area contributed by atoms with Gasteiger partial charge in [0.15, 0.2) is 0 Å². The lowest BCUT2D eigenvalue weighted by Crippen LogP contribution is -2.19. The monoisotopic (exact) mass is 229 g/mol. The summed E-state index contributed by atoms with van der Waals surface area (Å²) in [5.41, 5.74) is 8.67. The van der Waals surface area contributed by atoms with Gasteiger partial charge >= 0.3 is 0 Å². The molecule has 3 rings (SSSR count). The van der Waals surface area contributed by atoms with E-state index in [9.17, 15) is 0 Å². The second-order valence-electron chi connectivity index (χ2n) is 4.31. The first-order valence-electron chi connectivity index (χ1n) is 5.82. The molecule has 1 atom stereocenters. The number of hydrogen-bond acceptors (Lipinski definition) is 4. The number of fused-ring (bicyclic) bond motifs is 1. The van der Waals surface area contributed by atoms with Crippen LogP contribution in [0, 0.1) is 0 Å². The molecular weight excluding hydrogens is 214 g/mol. The standard InChI is InChI=1S/C13H15N3O/c14-11-3-4-12(16-9-5-7-17-8-9)13-10(11)2-1-6-15-13/h1-4,6,9,16H,5,7-8,14H2. The van der Waals surface area contributed by atoms with Gasteiger partial charge in [0.05, 0.1) is 23.9 Å². The van der Waals surface area contributed by atoms with Gasteiger partial charge in [-0.15, -0.1) is 0 Å². The van der Waals surface area contributed by atoms with Crippen LogP contribution in [0.25, 0.3) is 10.9 Å². The van der Waals surface area contributed by atoms with Gasteiger partial charge in [0.1, 0.15) is 0 Å². The van der Waals surface area contributed by atoms with Crippen molar-refractivity contribution in [1.82, 2.24) is 4.98 Å². The number of pyridine rings is 1. The summed E-state index contributed by atoms with van der Waals surface area (Å²) in [6.45, 7) is 1.59. The predicted octanol–water partition coefficient (Wildman–Crippen LogP) is 2.02. The molecule has 0 amide bonds. The lowest BCUT2D eigenvalue weighted by atomic mass is 10.1. The summed E-state index contributed by atoms with van der Waals surface area (Å²) >= 11 is 0. The molecule has 0 aliphatic carbocycles. The first-order chi connectivity index (χ1) is 8.34. The van der Waals surface area contributed by atoms with E-state index in [0.29, 0.717) is 6.04 Å². The van der Waals surface area contributed by atoms with E-state index in [2.05, 4.69) is 10.3 Å². The third kappa shape index (κ3) is 1.91. The molecule has 1 unspecified atom stereocenters. The van der Waals surface area contributed by atoms with Crippen LogP contribution in [0.2, 0.25) is 0 Å². The number of ether oxygens (including phenoxy) is 1. The summed E-state index contributed by atoms with van der Waals surface area (Å²) in [6, 6.07) is 8.18. The number of hydrogen-bond donors (Lipinski definition) is 2. The molecule has 0 spiro atoms. The van der Waals surface area contributed by atoms with Crippen molar-refractivity contribution in [3.05, 3.63) is 30.5 Å². The number of rotatable bonds is 2. The molecule has 88 valence electrons. The van der Waals surface area contributed by atoms with E-state index in [-0.39, 0.29) is 0 Å². The molecule has 0 saturated carbocycles. The maximum absolute atomic E-state index is 5.94. The van der Waals surface area contributed by atoms with E-state index < -0.39 is 0 Å². The van der Waals surface area contributed by atoms with Crippen molar-refractivity contribution in [3.8, 4) is 0 Å². The molecule has 4 nitrogen and oxygen atoms in total. The zero-order chi connectivity index (χ0) is 11.7. The van der Waals surface area contributed by atoms with Gasteiger partial charge in [-0.1, -0.05) is 0 Å². The van der Waals surface area contributed by atoms with Crippen LogP contribution < -0.4 is 11.1 Å². The van der Waals surface area contributed by atoms with E-state index in [4.69, 9.17) is 10.5 Å². The van der Waals surface area contributed by atoms with Gasteiger partial charge < -0.3 is 15.8 Å². The maximum atomic E-state index is 5.94. The van der Waals surface area contributed by atoms with Gasteiger partial charge in [0.25, 0.3) is 0 Å². The van der Waals surface area contributed by atoms with Crippen molar-refractivity contribution in [2.45, 2.75) is 12.5 Å². The summed E-state index contributed by atoms with van der Waals surface area (Å²) in [5, 5.41) is 4.46. The van der Waals surface area contributed by atoms with Crippen molar-refractivity contribution in [1.29, 1.82) is 0 Å². The average molecular weight is 229 g/mol. The number of aromatic nitrogens is 1. The highest BCUT2D eigenvalue weighted by atomic mass is 16.5. The van der Waals surface area contributed by atoms with Gasteiger partial charge in [-0.2, -0.15) is 0 Å². The molecule has 4 heteroatoms. The molecule has 1 aliphatic heterocycles. The Bertz CT molecular complexity index is 535. The van der Waals surface area contributed by atoms with E-state index >= 15 is 0 Å². The Labute approximate surface area is 99.8 Å². The Morgan fingerprint density at radius 1 is 1.35 bits per heavy atom. The Kier molecular flexibility index (Phi) is 2.57. The maximum Gasteiger partial charge on any atom is 0.0953 e. The molecule has 2 heterocycles. The highest BCUT2D eigenvalue weighted by molar-refractivity contribution is 5.98. The van der Waals surface area contributed by atoms with Crippen LogP contribution in [0.1, 0.15) is 6.42 Å². The number of nitrogen functional groups attached to an aromatic ring is 1. The van der Waals surface area contributed by atoms with Gasteiger partial charge in [-0.25, -0.2) is 0 Å². The number of benzene rings is 1. The molecule has 17 heavy (non-hydrogen) atoms. The zero-order valence-corrected chi connectivity index (χ0v) is 9.52. The van der Waals surface area contributed by atoms with Crippen molar-refractivity contribution in [2.24, 2.45) is 0 Å². The highest BCUT2D eigenvalue weighted by Gasteiger charge is 2.16. The van der Waals surface area contributed by atoms with Crippen LogP contribution >= 0.6 is 0 Å². The quantitative estimate of drug-likeness (QED) is 0.773. The van der Waals surface area contributed by atoms with Gasteiger partial charge in [0.2, 0.25) is 0 Å². The van der Waals surface area contributed by atoms with E-state index in [0.717, 1.165) is 41.9 Å². The molecular formula is C13H15N3O. The van der Waals surface area contributed by atoms with Crippen molar-refractivity contribution in [2.75, 3.05) is 24.3 Å². The van der Waals surface area contributed by atoms with Crippen LogP contribution in [-0.4, -0.2) is 24.2 Å². The van der Waals surface area contributed by atoms with Crippen molar-refractivity contribution < 1.29 is 4.74 Å². The smallest absolute Gasteiger partial charge is 0.0953 e. The van der Waals surface area contributed by atoms with Gasteiger partial charge in [-0.3, -0.25) is 4.98 Å². The Morgan fingerprint density at radius 3 is 3.12 bits per heavy atom. The Morgan fingerprint density at radius 2 is 2.29 bits per heavy atom. The minimum Gasteiger partial charge on any atom is -0.398 e. The SMILES string of the molecule is Nc1ccc(NC2CCOC2)c2ncccc12. The lowest BCUT2D eigenvalue weighted by molar-refractivity contribution is 0.195. The fourth-order valence-electron chi connectivity index (χ4n) is 2.18. The van der Waals surface area contributed by atoms with E-state index in [1.165, 1.54) is 0 Å². The molecule has 1 aromatic heterocycles. The Balaban J connectivity index is 2.01. The normalized spacial score (nSPS) is 19.6. The first kappa shape index (κ1) is 10.4. The number of anilines is 2. The number of nitrogens with two attached hydrogens (primary N) is 1. The number of nitrogens with zero attached hydrogens (tertiary/aromatic N) is 1. The van der Waals surface area contributed by atoms with Crippen LogP contribution in [0.5, 0.6) is 0 Å². The first-order valence-corrected chi connectivity index (χ1v) is 5.82. The summed E-state index contributed by atoms with van der Waals surface area (Å²) in [7, 11) is 0. The molecule has 0 bridgehead atoms. The van der Waals surface area contributed by atoms with Crippen LogP contribution in [-0.2, 0) is 4.74 Å². The van der Waals surface area contributed by atoms with Gasteiger partial charge in [-0.05, 0) is 30.7 Å². The third-order valence-electron chi connectivity index (χ3n) is 3.09. The van der Waals surface area contributed by atoms with Crippen LogP contribution in [0.3, 0.4) is 0 Å². The molecule has 1 aromatic carbocycles. The fourth-order valence-corrected chi connectivity index (χ4v) is 2.18. The third-order valence-corrected chi connectivity index (χ3v) is 3.09. The predicted molar refractivity (Wildman–Crippen MR) is 69.0 cm³/mol. The van der Waals surface area contributed by atoms with Crippen LogP contribution in [0.15, 0.2) is 30.5 Å². The van der Waals surface area contributed by atoms with E-state index in [1.807, 2.05) is 24.3 Å². The fraction of sp³-hybridized carbons (Fsp3) is 0.308. The largest absolute Gasteiger partial charge is 0.398 e. The summed E-state index contributed by atoms with van der Waals surface area (Å²) in [5.74, 6) is 0. The molecule has 1 fully saturated rings. The number of nitrogens with one attached hydrogen (secondary N) is 1. The van der Waals surface area contributed by atoms with Crippen LogP contribution in [0.4, 0.5) is 11.4 Å². The minimum atomic E-state index is 0.379. The highest BCUT2D eigenvalue weighted by Crippen LogP contribution is 2.27. The lowest BCUT2D eigenvalue weighted by Gasteiger charge is -2.14. The molecule has 0 radical (unpaired) electrons. The van der Waals surface area contributed by atoms with E-state index in [1.54, 1.807) is 6.20 Å². The molecule has 1 aliphatic rings. The minimum absolute atomic E-state index is 0.379. The second kappa shape index (κ2) is 4.22. The second-order valence-corrected chi connectivity index (χ2v) is 4.31. The van der Waals surface area contributed by atoms with Gasteiger partial charge in [0, 0.05) is 23.9 Å². The van der Waals surface area contributed by atoms with Crippen molar-refractivity contribution in [3.63, 3.8) is 0 Å². The average Bonchev–Trinajstić information content (AvgIpc) is 2.86. The van der Waals surface area contributed by atoms with Crippen molar-refractivity contribution >= 4 is 22.3 Å². The molecule has 1 saturated heterocycles. The summed E-state index contributed by atoms with van der Waals surface area (Å²) < 4.78 is 5.36. The molecule has 3 N–H and O–H groups in total. The topological polar surface area (TPSA) is 60.2 Å².